The van der Waals surface area contributed by atoms with Gasteiger partial charge >= 0.3 is 0 Å². The third-order valence-electron chi connectivity index (χ3n) is 4.25. The summed E-state index contributed by atoms with van der Waals surface area (Å²) in [6.07, 6.45) is 0. The monoisotopic (exact) mass is 306 g/mol. The molecule has 2 rings (SSSR count). The van der Waals surface area contributed by atoms with Gasteiger partial charge in [0.25, 0.3) is 0 Å². The Morgan fingerprint density at radius 2 is 2.09 bits per heavy atom. The van der Waals surface area contributed by atoms with E-state index < -0.39 is 0 Å². The number of likely N-dealkylation sites (tertiary alicyclic amines) is 1. The van der Waals surface area contributed by atoms with Gasteiger partial charge in [-0.05, 0) is 17.4 Å². The molecule has 1 amide bonds. The lowest BCUT2D eigenvalue weighted by Crippen LogP contribution is -2.37. The third-order valence-corrected chi connectivity index (χ3v) is 4.25. The smallest absolute Gasteiger partial charge is 0.248 e. The number of aliphatic hydroxyl groups is 1. The maximum Gasteiger partial charge on any atom is 0.248 e. The Bertz CT molecular complexity index is 464. The fraction of sp³-hybridized carbons (Fsp3) is 0.588. The number of hydroxylamine groups is 1. The summed E-state index contributed by atoms with van der Waals surface area (Å²) in [5.74, 6) is 0.612. The van der Waals surface area contributed by atoms with Crippen LogP contribution in [0.2, 0.25) is 0 Å². The second-order valence-corrected chi connectivity index (χ2v) is 6.23. The molecule has 22 heavy (non-hydrogen) atoms. The summed E-state index contributed by atoms with van der Waals surface area (Å²) < 4.78 is 0. The van der Waals surface area contributed by atoms with E-state index in [2.05, 4.69) is 36.4 Å². The predicted octanol–water partition coefficient (Wildman–Crippen LogP) is 1.43. The quantitative estimate of drug-likeness (QED) is 0.591. The number of nitrogens with zero attached hydrogens (tertiary/aromatic N) is 1. The molecule has 0 spiro atoms. The maximum absolute atomic E-state index is 12.3. The maximum atomic E-state index is 12.3. The first-order valence-corrected chi connectivity index (χ1v) is 7.90. The van der Waals surface area contributed by atoms with E-state index in [-0.39, 0.29) is 25.0 Å². The van der Waals surface area contributed by atoms with E-state index in [0.29, 0.717) is 11.8 Å². The highest BCUT2D eigenvalue weighted by atomic mass is 16.7. The summed E-state index contributed by atoms with van der Waals surface area (Å²) in [5, 5.41) is 8.71. The molecule has 2 N–H and O–H groups in total. The van der Waals surface area contributed by atoms with E-state index in [0.717, 1.165) is 19.6 Å². The van der Waals surface area contributed by atoms with Gasteiger partial charge in [-0.3, -0.25) is 14.5 Å². The van der Waals surface area contributed by atoms with E-state index in [1.165, 1.54) is 5.56 Å². The Kier molecular flexibility index (Phi) is 6.36. The molecule has 122 valence electrons. The number of amides is 1. The fourth-order valence-electron chi connectivity index (χ4n) is 3.08. The standard InChI is InChI=1S/C17H26N2O3/c1-13(2)15-11-19(10-14-6-4-3-5-7-14)12-16(15)17(21)18-22-9-8-20/h3-7,13,15-16,20H,8-12H2,1-2H3,(H,18,21). The zero-order chi connectivity index (χ0) is 15.9. The largest absolute Gasteiger partial charge is 0.394 e. The van der Waals surface area contributed by atoms with E-state index >= 15 is 0 Å². The number of hydrogen-bond donors (Lipinski definition) is 2. The highest BCUT2D eigenvalue weighted by molar-refractivity contribution is 5.78. The first kappa shape index (κ1) is 16.9. The lowest BCUT2D eigenvalue weighted by Gasteiger charge is -2.20. The molecule has 1 fully saturated rings. The Morgan fingerprint density at radius 3 is 2.73 bits per heavy atom. The normalized spacial score (nSPS) is 22.2. The van der Waals surface area contributed by atoms with Gasteiger partial charge in [-0.25, -0.2) is 5.48 Å². The first-order chi connectivity index (χ1) is 10.6. The third kappa shape index (κ3) is 4.53. The van der Waals surface area contributed by atoms with Crippen LogP contribution in [0.5, 0.6) is 0 Å². The Balaban J connectivity index is 1.95. The van der Waals surface area contributed by atoms with E-state index in [4.69, 9.17) is 9.94 Å². The van der Waals surface area contributed by atoms with E-state index in [1.807, 2.05) is 18.2 Å². The highest BCUT2D eigenvalue weighted by Gasteiger charge is 2.39. The lowest BCUT2D eigenvalue weighted by atomic mass is 9.86. The summed E-state index contributed by atoms with van der Waals surface area (Å²) in [6, 6.07) is 10.3. The molecule has 1 aliphatic rings. The molecule has 0 aromatic heterocycles. The number of aliphatic hydroxyl groups excluding tert-OH is 1. The molecule has 1 aromatic rings. The SMILES string of the molecule is CC(C)C1CN(Cc2ccccc2)CC1C(=O)NOCCO. The van der Waals surface area contributed by atoms with Gasteiger partial charge in [0.05, 0.1) is 19.1 Å². The van der Waals surface area contributed by atoms with Crippen LogP contribution < -0.4 is 5.48 Å². The molecule has 0 radical (unpaired) electrons. The van der Waals surface area contributed by atoms with Crippen molar-refractivity contribution in [1.82, 2.24) is 10.4 Å². The van der Waals surface area contributed by atoms with Gasteiger partial charge in [-0.2, -0.15) is 0 Å². The van der Waals surface area contributed by atoms with Crippen LogP contribution in [0.15, 0.2) is 30.3 Å². The zero-order valence-electron chi connectivity index (χ0n) is 13.4. The van der Waals surface area contributed by atoms with Crippen molar-refractivity contribution in [3.05, 3.63) is 35.9 Å². The minimum absolute atomic E-state index is 0.0672. The van der Waals surface area contributed by atoms with Crippen molar-refractivity contribution >= 4 is 5.91 Å². The van der Waals surface area contributed by atoms with Crippen molar-refractivity contribution in [3.8, 4) is 0 Å². The Labute approximate surface area is 132 Å². The first-order valence-electron chi connectivity index (χ1n) is 7.90. The Morgan fingerprint density at radius 1 is 1.36 bits per heavy atom. The summed E-state index contributed by atoms with van der Waals surface area (Å²) >= 11 is 0. The molecule has 0 aliphatic carbocycles. The van der Waals surface area contributed by atoms with E-state index in [1.54, 1.807) is 0 Å². The molecule has 1 saturated heterocycles. The number of rotatable bonds is 7. The average Bonchev–Trinajstić information content (AvgIpc) is 2.92. The zero-order valence-corrected chi connectivity index (χ0v) is 13.4. The van der Waals surface area contributed by atoms with Gasteiger partial charge in [0.1, 0.15) is 0 Å². The van der Waals surface area contributed by atoms with Gasteiger partial charge in [0.2, 0.25) is 5.91 Å². The molecule has 2 atom stereocenters. The van der Waals surface area contributed by atoms with Gasteiger partial charge in [-0.1, -0.05) is 44.2 Å². The number of benzene rings is 1. The molecular weight excluding hydrogens is 280 g/mol. The summed E-state index contributed by atoms with van der Waals surface area (Å²) in [4.78, 5) is 19.6. The molecule has 0 saturated carbocycles. The average molecular weight is 306 g/mol. The number of hydrogen-bond acceptors (Lipinski definition) is 4. The van der Waals surface area contributed by atoms with Gasteiger partial charge in [0, 0.05) is 19.6 Å². The summed E-state index contributed by atoms with van der Waals surface area (Å²) in [5.41, 5.74) is 3.74. The van der Waals surface area contributed by atoms with Gasteiger partial charge in [0.15, 0.2) is 0 Å². The van der Waals surface area contributed by atoms with Crippen LogP contribution in [0.4, 0.5) is 0 Å². The summed E-state index contributed by atoms with van der Waals surface area (Å²) in [6.45, 7) is 6.87. The number of nitrogens with one attached hydrogen (secondary N) is 1. The van der Waals surface area contributed by atoms with Gasteiger partial charge < -0.3 is 5.11 Å². The van der Waals surface area contributed by atoms with Crippen LogP contribution >= 0.6 is 0 Å². The van der Waals surface area contributed by atoms with Crippen LogP contribution in [0.25, 0.3) is 0 Å². The number of carbonyl (C=O) groups is 1. The van der Waals surface area contributed by atoms with Crippen LogP contribution in [0.3, 0.4) is 0 Å². The lowest BCUT2D eigenvalue weighted by molar-refractivity contribution is -0.139. The fourth-order valence-corrected chi connectivity index (χ4v) is 3.08. The molecular formula is C17H26N2O3. The topological polar surface area (TPSA) is 61.8 Å². The van der Waals surface area contributed by atoms with Gasteiger partial charge in [-0.15, -0.1) is 0 Å². The molecule has 1 aliphatic heterocycles. The molecule has 1 aromatic carbocycles. The molecule has 1 heterocycles. The van der Waals surface area contributed by atoms with Crippen molar-refractivity contribution in [2.45, 2.75) is 20.4 Å². The van der Waals surface area contributed by atoms with Crippen LogP contribution in [-0.4, -0.2) is 42.2 Å². The van der Waals surface area contributed by atoms with Crippen LogP contribution in [-0.2, 0) is 16.2 Å². The molecule has 2 unspecified atom stereocenters. The van der Waals surface area contributed by atoms with Crippen LogP contribution in [0.1, 0.15) is 19.4 Å². The molecule has 5 heteroatoms. The minimum Gasteiger partial charge on any atom is -0.394 e. The summed E-state index contributed by atoms with van der Waals surface area (Å²) in [7, 11) is 0. The highest BCUT2D eigenvalue weighted by Crippen LogP contribution is 2.30. The van der Waals surface area contributed by atoms with Crippen molar-refractivity contribution < 1.29 is 14.7 Å². The van der Waals surface area contributed by atoms with Crippen molar-refractivity contribution in [2.75, 3.05) is 26.3 Å². The van der Waals surface area contributed by atoms with Crippen molar-refractivity contribution in [3.63, 3.8) is 0 Å². The van der Waals surface area contributed by atoms with E-state index in [9.17, 15) is 4.79 Å². The molecule has 0 bridgehead atoms. The second-order valence-electron chi connectivity index (χ2n) is 6.23. The van der Waals surface area contributed by atoms with Crippen molar-refractivity contribution in [2.24, 2.45) is 17.8 Å². The number of carbonyl (C=O) groups excluding carboxylic acids is 1. The van der Waals surface area contributed by atoms with Crippen LogP contribution in [0, 0.1) is 17.8 Å². The second kappa shape index (κ2) is 8.27. The molecule has 5 nitrogen and oxygen atoms in total. The predicted molar refractivity (Wildman–Crippen MR) is 84.7 cm³/mol. The Hall–Kier alpha value is -1.43. The van der Waals surface area contributed by atoms with Crippen molar-refractivity contribution in [1.29, 1.82) is 0 Å². The minimum atomic E-state index is -0.0985.